The number of piperidine rings is 1. The van der Waals surface area contributed by atoms with Crippen LogP contribution in [0.25, 0.3) is 0 Å². The summed E-state index contributed by atoms with van der Waals surface area (Å²) >= 11 is 0. The molecule has 28 heavy (non-hydrogen) atoms. The third kappa shape index (κ3) is 2.73. The summed E-state index contributed by atoms with van der Waals surface area (Å²) in [5.74, 6) is 0.994. The number of methoxy groups -OCH3 is 1. The van der Waals surface area contributed by atoms with Gasteiger partial charge in [-0.1, -0.05) is 19.9 Å². The molecule has 5 nitrogen and oxygen atoms in total. The van der Waals surface area contributed by atoms with Gasteiger partial charge in [0.25, 0.3) is 0 Å². The van der Waals surface area contributed by atoms with Gasteiger partial charge in [-0.05, 0) is 69.1 Å². The van der Waals surface area contributed by atoms with Gasteiger partial charge >= 0.3 is 0 Å². The molecule has 0 aromatic carbocycles. The monoisotopic (exact) mass is 391 g/mol. The number of aliphatic hydroxyl groups is 1. The molecular formula is C23H37NO4. The average Bonchev–Trinajstić information content (AvgIpc) is 2.99. The fraction of sp³-hybridized carbons (Fsp3) is 0.870. The molecule has 8 unspecified atom stereocenters. The molecular weight excluding hydrogens is 354 g/mol. The van der Waals surface area contributed by atoms with E-state index in [1.165, 1.54) is 0 Å². The fourth-order valence-electron chi connectivity index (χ4n) is 7.78. The molecule has 158 valence electrons. The molecule has 1 amide bonds. The highest BCUT2D eigenvalue weighted by Gasteiger charge is 2.64. The zero-order valence-corrected chi connectivity index (χ0v) is 18.1. The average molecular weight is 392 g/mol. The van der Waals surface area contributed by atoms with Crippen molar-refractivity contribution in [1.82, 2.24) is 5.32 Å². The SMILES string of the molecule is CCOC(C)(OC)C1CCC2C3CC=C4NC(=O)CCC4(C)C3C(O)CC21C. The summed E-state index contributed by atoms with van der Waals surface area (Å²) in [6.45, 7) is 9.33. The van der Waals surface area contributed by atoms with E-state index in [0.717, 1.165) is 37.8 Å². The highest BCUT2D eigenvalue weighted by Crippen LogP contribution is 2.67. The first-order valence-electron chi connectivity index (χ1n) is 11.1. The lowest BCUT2D eigenvalue weighted by Gasteiger charge is -2.59. The summed E-state index contributed by atoms with van der Waals surface area (Å²) in [5.41, 5.74) is 0.929. The number of carbonyl (C=O) groups is 1. The number of amides is 1. The Morgan fingerprint density at radius 2 is 2.11 bits per heavy atom. The normalized spacial score (nSPS) is 47.3. The van der Waals surface area contributed by atoms with Crippen molar-refractivity contribution in [2.75, 3.05) is 13.7 Å². The Balaban J connectivity index is 1.68. The van der Waals surface area contributed by atoms with Gasteiger partial charge in [0.05, 0.1) is 6.10 Å². The number of nitrogens with one attached hydrogen (secondary N) is 1. The molecule has 3 aliphatic carbocycles. The lowest BCUT2D eigenvalue weighted by atomic mass is 9.47. The smallest absolute Gasteiger partial charge is 0.224 e. The lowest BCUT2D eigenvalue weighted by molar-refractivity contribution is -0.267. The van der Waals surface area contributed by atoms with E-state index >= 15 is 0 Å². The van der Waals surface area contributed by atoms with Gasteiger partial charge in [0.1, 0.15) is 0 Å². The van der Waals surface area contributed by atoms with Crippen LogP contribution in [0, 0.1) is 34.5 Å². The molecule has 0 spiro atoms. The standard InChI is InChI=1S/C23H37NO4/c1-6-28-23(4,27-5)17-9-8-15-14-7-10-18-21(2,12-11-19(26)24-18)20(14)16(25)13-22(15,17)3/h10,14-17,20,25H,6-9,11-13H2,1-5H3,(H,24,26). The second kappa shape index (κ2) is 6.82. The van der Waals surface area contributed by atoms with Crippen molar-refractivity contribution in [3.63, 3.8) is 0 Å². The summed E-state index contributed by atoms with van der Waals surface area (Å²) in [6, 6.07) is 0. The third-order valence-electron chi connectivity index (χ3n) is 9.01. The Bertz CT molecular complexity index is 678. The molecule has 1 saturated heterocycles. The Hall–Kier alpha value is -0.910. The van der Waals surface area contributed by atoms with Crippen LogP contribution in [-0.2, 0) is 14.3 Å². The van der Waals surface area contributed by atoms with Gasteiger partial charge in [-0.2, -0.15) is 0 Å². The molecule has 1 heterocycles. The van der Waals surface area contributed by atoms with E-state index in [1.54, 1.807) is 7.11 Å². The molecule has 2 N–H and O–H groups in total. The predicted octanol–water partition coefficient (Wildman–Crippen LogP) is 3.62. The van der Waals surface area contributed by atoms with Gasteiger partial charge in [-0.3, -0.25) is 4.79 Å². The van der Waals surface area contributed by atoms with Crippen molar-refractivity contribution in [1.29, 1.82) is 0 Å². The molecule has 0 aromatic rings. The summed E-state index contributed by atoms with van der Waals surface area (Å²) in [4.78, 5) is 11.9. The first-order valence-corrected chi connectivity index (χ1v) is 11.1. The van der Waals surface area contributed by atoms with Crippen molar-refractivity contribution in [2.24, 2.45) is 34.5 Å². The highest BCUT2D eigenvalue weighted by molar-refractivity contribution is 5.79. The minimum atomic E-state index is -0.608. The minimum absolute atomic E-state index is 0.000130. The second-order valence-corrected chi connectivity index (χ2v) is 10.2. The largest absolute Gasteiger partial charge is 0.393 e. The summed E-state index contributed by atoms with van der Waals surface area (Å²) < 4.78 is 12.0. The van der Waals surface area contributed by atoms with Crippen molar-refractivity contribution in [3.05, 3.63) is 11.8 Å². The molecule has 8 atom stereocenters. The summed E-state index contributed by atoms with van der Waals surface area (Å²) in [5, 5.41) is 14.6. The molecule has 4 rings (SSSR count). The van der Waals surface area contributed by atoms with Crippen LogP contribution in [0.1, 0.15) is 66.2 Å². The van der Waals surface area contributed by atoms with E-state index in [0.29, 0.717) is 24.9 Å². The number of ether oxygens (including phenoxy) is 2. The molecule has 2 saturated carbocycles. The number of hydrogen-bond donors (Lipinski definition) is 2. The molecule has 0 aromatic heterocycles. The van der Waals surface area contributed by atoms with E-state index in [4.69, 9.17) is 9.47 Å². The van der Waals surface area contributed by atoms with Gasteiger partial charge in [-0.15, -0.1) is 0 Å². The Labute approximate surface area is 169 Å². The van der Waals surface area contributed by atoms with Crippen LogP contribution in [0.15, 0.2) is 11.8 Å². The predicted molar refractivity (Wildman–Crippen MR) is 107 cm³/mol. The second-order valence-electron chi connectivity index (χ2n) is 10.2. The Morgan fingerprint density at radius 3 is 2.79 bits per heavy atom. The lowest BCUT2D eigenvalue weighted by Crippen LogP contribution is -2.60. The van der Waals surface area contributed by atoms with Crippen LogP contribution in [0.2, 0.25) is 0 Å². The number of allylic oxidation sites excluding steroid dienone is 2. The number of rotatable bonds is 4. The van der Waals surface area contributed by atoms with Crippen LogP contribution >= 0.6 is 0 Å². The first-order chi connectivity index (χ1) is 13.2. The Kier molecular flexibility index (Phi) is 4.96. The van der Waals surface area contributed by atoms with Crippen LogP contribution in [0.5, 0.6) is 0 Å². The van der Waals surface area contributed by atoms with Gasteiger partial charge in [0.15, 0.2) is 5.79 Å². The maximum absolute atomic E-state index is 11.9. The number of aliphatic hydroxyl groups excluding tert-OH is 1. The van der Waals surface area contributed by atoms with E-state index in [-0.39, 0.29) is 34.7 Å². The van der Waals surface area contributed by atoms with Crippen LogP contribution in [-0.4, -0.2) is 36.6 Å². The molecule has 0 radical (unpaired) electrons. The van der Waals surface area contributed by atoms with Gasteiger partial charge in [-0.25, -0.2) is 0 Å². The quantitative estimate of drug-likeness (QED) is 0.718. The van der Waals surface area contributed by atoms with E-state index in [2.05, 4.69) is 32.2 Å². The topological polar surface area (TPSA) is 67.8 Å². The maximum atomic E-state index is 11.9. The summed E-state index contributed by atoms with van der Waals surface area (Å²) in [6.07, 6.45) is 7.24. The first kappa shape index (κ1) is 20.4. The van der Waals surface area contributed by atoms with E-state index < -0.39 is 5.79 Å². The molecule has 5 heteroatoms. The van der Waals surface area contributed by atoms with Crippen molar-refractivity contribution < 1.29 is 19.4 Å². The van der Waals surface area contributed by atoms with Crippen LogP contribution in [0.4, 0.5) is 0 Å². The van der Waals surface area contributed by atoms with Gasteiger partial charge in [0, 0.05) is 37.2 Å². The Morgan fingerprint density at radius 1 is 1.36 bits per heavy atom. The third-order valence-corrected chi connectivity index (χ3v) is 9.01. The molecule has 3 fully saturated rings. The zero-order valence-electron chi connectivity index (χ0n) is 18.1. The van der Waals surface area contributed by atoms with Crippen LogP contribution in [0.3, 0.4) is 0 Å². The number of fused-ring (bicyclic) bond motifs is 5. The molecule has 4 aliphatic rings. The van der Waals surface area contributed by atoms with Crippen molar-refractivity contribution >= 4 is 5.91 Å². The van der Waals surface area contributed by atoms with Crippen molar-refractivity contribution in [2.45, 2.75) is 78.1 Å². The molecule has 0 bridgehead atoms. The van der Waals surface area contributed by atoms with Crippen LogP contribution < -0.4 is 5.32 Å². The van der Waals surface area contributed by atoms with Gasteiger partial charge in [0.2, 0.25) is 5.91 Å². The van der Waals surface area contributed by atoms with Crippen molar-refractivity contribution in [3.8, 4) is 0 Å². The molecule has 1 aliphatic heterocycles. The maximum Gasteiger partial charge on any atom is 0.224 e. The number of hydrogen-bond acceptors (Lipinski definition) is 4. The fourth-order valence-corrected chi connectivity index (χ4v) is 7.78. The number of carbonyl (C=O) groups excluding carboxylic acids is 1. The van der Waals surface area contributed by atoms with E-state index in [1.807, 2.05) is 6.92 Å². The van der Waals surface area contributed by atoms with Gasteiger partial charge < -0.3 is 19.9 Å². The summed E-state index contributed by atoms with van der Waals surface area (Å²) in [7, 11) is 1.75. The van der Waals surface area contributed by atoms with E-state index in [9.17, 15) is 9.90 Å². The zero-order chi connectivity index (χ0) is 20.3. The highest BCUT2D eigenvalue weighted by atomic mass is 16.7. The minimum Gasteiger partial charge on any atom is -0.393 e.